The summed E-state index contributed by atoms with van der Waals surface area (Å²) in [5, 5.41) is 15.1. The van der Waals surface area contributed by atoms with E-state index in [0.29, 0.717) is 13.1 Å². The summed E-state index contributed by atoms with van der Waals surface area (Å²) in [5.74, 6) is 0. The molecule has 4 nitrogen and oxygen atoms in total. The Labute approximate surface area is 124 Å². The van der Waals surface area contributed by atoms with Crippen molar-refractivity contribution in [3.8, 4) is 0 Å². The van der Waals surface area contributed by atoms with E-state index in [-0.39, 0.29) is 12.1 Å². The summed E-state index contributed by atoms with van der Waals surface area (Å²) in [7, 11) is 0. The molecular formula is C17H20N2O2. The molecule has 0 aliphatic carbocycles. The third kappa shape index (κ3) is 2.85. The number of carboxylic acid groups (broad SMARTS) is 1. The molecule has 0 radical (unpaired) electrons. The zero-order valence-electron chi connectivity index (χ0n) is 12.1. The molecular weight excluding hydrogens is 264 g/mol. The van der Waals surface area contributed by atoms with Crippen LogP contribution in [0, 0.1) is 0 Å². The minimum Gasteiger partial charge on any atom is -0.465 e. The molecule has 1 unspecified atom stereocenters. The summed E-state index contributed by atoms with van der Waals surface area (Å²) >= 11 is 0. The minimum atomic E-state index is -0.822. The highest BCUT2D eigenvalue weighted by atomic mass is 16.4. The molecule has 2 aromatic rings. The van der Waals surface area contributed by atoms with Gasteiger partial charge in [-0.3, -0.25) is 0 Å². The number of rotatable bonds is 3. The summed E-state index contributed by atoms with van der Waals surface area (Å²) in [6, 6.07) is 15.1. The number of hydrogen-bond donors (Lipinski definition) is 2. The Balaban J connectivity index is 1.76. The van der Waals surface area contributed by atoms with E-state index in [1.807, 2.05) is 6.07 Å². The van der Waals surface area contributed by atoms with Crippen molar-refractivity contribution >= 4 is 16.9 Å². The van der Waals surface area contributed by atoms with E-state index < -0.39 is 6.09 Å². The summed E-state index contributed by atoms with van der Waals surface area (Å²) in [6.07, 6.45) is 0.0543. The largest absolute Gasteiger partial charge is 0.465 e. The zero-order chi connectivity index (χ0) is 14.8. The van der Waals surface area contributed by atoms with E-state index in [0.717, 1.165) is 6.42 Å². The molecule has 1 heterocycles. The highest BCUT2D eigenvalue weighted by Gasteiger charge is 2.27. The molecule has 110 valence electrons. The van der Waals surface area contributed by atoms with Crippen LogP contribution in [-0.2, 0) is 0 Å². The molecule has 4 heteroatoms. The van der Waals surface area contributed by atoms with Crippen LogP contribution in [-0.4, -0.2) is 35.2 Å². The van der Waals surface area contributed by atoms with Crippen molar-refractivity contribution in [3.63, 3.8) is 0 Å². The second-order valence-corrected chi connectivity index (χ2v) is 5.67. The lowest BCUT2D eigenvalue weighted by Crippen LogP contribution is -2.35. The van der Waals surface area contributed by atoms with Crippen molar-refractivity contribution in [2.45, 2.75) is 25.4 Å². The van der Waals surface area contributed by atoms with Crippen LogP contribution in [0.4, 0.5) is 4.79 Å². The van der Waals surface area contributed by atoms with Gasteiger partial charge in [0.15, 0.2) is 0 Å². The third-order valence-electron chi connectivity index (χ3n) is 4.23. The van der Waals surface area contributed by atoms with Gasteiger partial charge in [0.05, 0.1) is 0 Å². The smallest absolute Gasteiger partial charge is 0.407 e. The highest BCUT2D eigenvalue weighted by molar-refractivity contribution is 5.86. The van der Waals surface area contributed by atoms with E-state index in [4.69, 9.17) is 5.11 Å². The SMILES string of the molecule is CC(N[C@@H]1CCN(C(=O)O)C1)c1cccc2ccccc12. The molecule has 0 saturated carbocycles. The standard InChI is InChI=1S/C17H20N2O2/c1-12(18-14-9-10-19(11-14)17(20)21)15-8-4-6-13-5-2-3-7-16(13)15/h2-8,12,14,18H,9-11H2,1H3,(H,20,21)/t12?,14-/m1/s1. The Hall–Kier alpha value is -2.07. The van der Waals surface area contributed by atoms with Crippen LogP contribution in [0.15, 0.2) is 42.5 Å². The van der Waals surface area contributed by atoms with Gasteiger partial charge >= 0.3 is 6.09 Å². The molecule has 0 bridgehead atoms. The van der Waals surface area contributed by atoms with Gasteiger partial charge in [0.1, 0.15) is 0 Å². The predicted molar refractivity (Wildman–Crippen MR) is 83.5 cm³/mol. The Morgan fingerprint density at radius 3 is 2.81 bits per heavy atom. The molecule has 1 amide bonds. The number of carbonyl (C=O) groups is 1. The van der Waals surface area contributed by atoms with Crippen molar-refractivity contribution in [2.24, 2.45) is 0 Å². The van der Waals surface area contributed by atoms with Crippen molar-refractivity contribution in [1.29, 1.82) is 0 Å². The number of nitrogens with one attached hydrogen (secondary N) is 1. The molecule has 1 aliphatic heterocycles. The number of amides is 1. The van der Waals surface area contributed by atoms with E-state index in [2.05, 4.69) is 48.6 Å². The van der Waals surface area contributed by atoms with Crippen molar-refractivity contribution in [1.82, 2.24) is 10.2 Å². The van der Waals surface area contributed by atoms with Gasteiger partial charge in [0, 0.05) is 25.2 Å². The van der Waals surface area contributed by atoms with Gasteiger partial charge in [-0.25, -0.2) is 4.79 Å². The first-order valence-corrected chi connectivity index (χ1v) is 7.37. The molecule has 2 atom stereocenters. The van der Waals surface area contributed by atoms with Gasteiger partial charge in [0.2, 0.25) is 0 Å². The summed E-state index contributed by atoms with van der Waals surface area (Å²) in [5.41, 5.74) is 1.27. The second kappa shape index (κ2) is 5.74. The first kappa shape index (κ1) is 13.9. The quantitative estimate of drug-likeness (QED) is 0.909. The van der Waals surface area contributed by atoms with Gasteiger partial charge in [-0.15, -0.1) is 0 Å². The van der Waals surface area contributed by atoms with Gasteiger partial charge < -0.3 is 15.3 Å². The number of hydrogen-bond acceptors (Lipinski definition) is 2. The lowest BCUT2D eigenvalue weighted by Gasteiger charge is -2.21. The van der Waals surface area contributed by atoms with Crippen LogP contribution in [0.25, 0.3) is 10.8 Å². The molecule has 2 aromatic carbocycles. The maximum absolute atomic E-state index is 11.0. The average molecular weight is 284 g/mol. The van der Waals surface area contributed by atoms with E-state index in [9.17, 15) is 4.79 Å². The lowest BCUT2D eigenvalue weighted by molar-refractivity contribution is 0.154. The fraction of sp³-hybridized carbons (Fsp3) is 0.353. The van der Waals surface area contributed by atoms with Crippen LogP contribution in [0.2, 0.25) is 0 Å². The van der Waals surface area contributed by atoms with Crippen molar-refractivity contribution in [2.75, 3.05) is 13.1 Å². The van der Waals surface area contributed by atoms with E-state index in [1.165, 1.54) is 21.2 Å². The molecule has 3 rings (SSSR count). The fourth-order valence-electron chi connectivity index (χ4n) is 3.14. The maximum Gasteiger partial charge on any atom is 0.407 e. The molecule has 21 heavy (non-hydrogen) atoms. The van der Waals surface area contributed by atoms with Crippen LogP contribution >= 0.6 is 0 Å². The maximum atomic E-state index is 11.0. The number of likely N-dealkylation sites (tertiary alicyclic amines) is 1. The molecule has 1 fully saturated rings. The van der Waals surface area contributed by atoms with Crippen LogP contribution in [0.1, 0.15) is 24.9 Å². The first-order valence-electron chi connectivity index (χ1n) is 7.37. The Morgan fingerprint density at radius 2 is 2.05 bits per heavy atom. The van der Waals surface area contributed by atoms with Gasteiger partial charge in [-0.05, 0) is 29.7 Å². The van der Waals surface area contributed by atoms with Gasteiger partial charge in [0.25, 0.3) is 0 Å². The normalized spacial score (nSPS) is 19.9. The monoisotopic (exact) mass is 284 g/mol. The highest BCUT2D eigenvalue weighted by Crippen LogP contribution is 2.25. The minimum absolute atomic E-state index is 0.204. The Kier molecular flexibility index (Phi) is 3.80. The Bertz CT molecular complexity index is 651. The summed E-state index contributed by atoms with van der Waals surface area (Å²) in [6.45, 7) is 3.34. The summed E-state index contributed by atoms with van der Waals surface area (Å²) in [4.78, 5) is 12.5. The molecule has 1 aliphatic rings. The van der Waals surface area contributed by atoms with Gasteiger partial charge in [-0.1, -0.05) is 42.5 Å². The predicted octanol–water partition coefficient (Wildman–Crippen LogP) is 3.24. The molecule has 1 saturated heterocycles. The fourth-order valence-corrected chi connectivity index (χ4v) is 3.14. The van der Waals surface area contributed by atoms with Crippen LogP contribution in [0.5, 0.6) is 0 Å². The topological polar surface area (TPSA) is 52.6 Å². The molecule has 0 aromatic heterocycles. The summed E-state index contributed by atoms with van der Waals surface area (Å²) < 4.78 is 0. The van der Waals surface area contributed by atoms with Gasteiger partial charge in [-0.2, -0.15) is 0 Å². The van der Waals surface area contributed by atoms with Crippen molar-refractivity contribution in [3.05, 3.63) is 48.0 Å². The first-order chi connectivity index (χ1) is 10.1. The molecule has 2 N–H and O–H groups in total. The lowest BCUT2D eigenvalue weighted by atomic mass is 9.99. The number of fused-ring (bicyclic) bond motifs is 1. The molecule has 0 spiro atoms. The van der Waals surface area contributed by atoms with Crippen LogP contribution < -0.4 is 5.32 Å². The van der Waals surface area contributed by atoms with Crippen LogP contribution in [0.3, 0.4) is 0 Å². The van der Waals surface area contributed by atoms with E-state index in [1.54, 1.807) is 0 Å². The Morgan fingerprint density at radius 1 is 1.29 bits per heavy atom. The zero-order valence-corrected chi connectivity index (χ0v) is 12.1. The van der Waals surface area contributed by atoms with Crippen molar-refractivity contribution < 1.29 is 9.90 Å². The third-order valence-corrected chi connectivity index (χ3v) is 4.23. The second-order valence-electron chi connectivity index (χ2n) is 5.67. The number of nitrogens with zero attached hydrogens (tertiary/aromatic N) is 1. The average Bonchev–Trinajstić information content (AvgIpc) is 2.95. The van der Waals surface area contributed by atoms with E-state index >= 15 is 0 Å². The number of benzene rings is 2.